The molecule has 0 spiro atoms. The maximum absolute atomic E-state index is 10.0. The summed E-state index contributed by atoms with van der Waals surface area (Å²) in [5.74, 6) is -0.201. The van der Waals surface area contributed by atoms with Gasteiger partial charge in [0.2, 0.25) is 0 Å². The normalized spacial score (nSPS) is 13.0. The predicted octanol–water partition coefficient (Wildman–Crippen LogP) is 5.53. The van der Waals surface area contributed by atoms with Crippen LogP contribution in [0, 0.1) is 25.2 Å². The van der Waals surface area contributed by atoms with Gasteiger partial charge in [-0.15, -0.1) is 0 Å². The summed E-state index contributed by atoms with van der Waals surface area (Å²) < 4.78 is 1.90. The van der Waals surface area contributed by atoms with Gasteiger partial charge in [0.15, 0.2) is 0 Å². The zero-order chi connectivity index (χ0) is 19.4. The molecule has 2 unspecified atom stereocenters. The lowest BCUT2D eigenvalue weighted by Gasteiger charge is -2.24. The first kappa shape index (κ1) is 18.7. The summed E-state index contributed by atoms with van der Waals surface area (Å²) in [6.45, 7) is 8.46. The summed E-state index contributed by atoms with van der Waals surface area (Å²) in [6.07, 6.45) is 0.713. The molecular formula is C24H25N3. The predicted molar refractivity (Wildman–Crippen MR) is 110 cm³/mol. The third kappa shape index (κ3) is 3.85. The molecule has 1 heterocycles. The Balaban J connectivity index is 2.01. The highest BCUT2D eigenvalue weighted by molar-refractivity contribution is 5.68. The maximum atomic E-state index is 10.0. The summed E-state index contributed by atoms with van der Waals surface area (Å²) in [5.41, 5.74) is 6.44. The molecule has 0 aliphatic heterocycles. The van der Waals surface area contributed by atoms with Crippen LogP contribution in [-0.4, -0.2) is 9.78 Å². The summed E-state index contributed by atoms with van der Waals surface area (Å²) in [6, 6.07) is 22.9. The van der Waals surface area contributed by atoms with E-state index in [9.17, 15) is 5.26 Å². The lowest BCUT2D eigenvalue weighted by atomic mass is 9.77. The van der Waals surface area contributed by atoms with Crippen LogP contribution in [-0.2, 0) is 7.05 Å². The van der Waals surface area contributed by atoms with E-state index in [1.165, 1.54) is 0 Å². The van der Waals surface area contributed by atoms with Gasteiger partial charge < -0.3 is 0 Å². The van der Waals surface area contributed by atoms with Gasteiger partial charge >= 0.3 is 0 Å². The number of aromatic nitrogens is 2. The minimum absolute atomic E-state index is 0.0325. The molecule has 3 aromatic rings. The summed E-state index contributed by atoms with van der Waals surface area (Å²) in [5, 5.41) is 14.5. The van der Waals surface area contributed by atoms with E-state index in [1.54, 1.807) is 0 Å². The second-order valence-electron chi connectivity index (χ2n) is 7.01. The summed E-state index contributed by atoms with van der Waals surface area (Å²) in [4.78, 5) is 0. The standard InChI is InChI=1S/C24H25N3/c1-17(24-18(2)26-27(4)19(24)3)15-22(20-11-7-5-8-12-20)23(16-25)21-13-9-6-10-14-21/h5-14,22-23H,1,15H2,2-4H3. The molecule has 2 aromatic carbocycles. The molecule has 0 bridgehead atoms. The Hall–Kier alpha value is -3.12. The monoisotopic (exact) mass is 355 g/mol. The topological polar surface area (TPSA) is 41.6 Å². The fourth-order valence-electron chi connectivity index (χ4n) is 3.84. The summed E-state index contributed by atoms with van der Waals surface area (Å²) >= 11 is 0. The van der Waals surface area contributed by atoms with Gasteiger partial charge in [0, 0.05) is 24.2 Å². The number of hydrogen-bond acceptors (Lipinski definition) is 2. The summed E-state index contributed by atoms with van der Waals surface area (Å²) in [7, 11) is 1.95. The highest BCUT2D eigenvalue weighted by Gasteiger charge is 2.27. The van der Waals surface area contributed by atoms with E-state index in [2.05, 4.69) is 36.8 Å². The van der Waals surface area contributed by atoms with Crippen LogP contribution in [0.1, 0.15) is 46.3 Å². The van der Waals surface area contributed by atoms with E-state index < -0.39 is 0 Å². The first-order valence-electron chi connectivity index (χ1n) is 9.20. The van der Waals surface area contributed by atoms with Crippen LogP contribution in [0.15, 0.2) is 67.2 Å². The van der Waals surface area contributed by atoms with Gasteiger partial charge in [-0.3, -0.25) is 4.68 Å². The highest BCUT2D eigenvalue weighted by Crippen LogP contribution is 2.40. The molecule has 3 rings (SSSR count). The van der Waals surface area contributed by atoms with Crippen molar-refractivity contribution in [1.29, 1.82) is 5.26 Å². The molecule has 0 saturated carbocycles. The van der Waals surface area contributed by atoms with Gasteiger partial charge in [0.05, 0.1) is 17.7 Å². The molecule has 2 atom stereocenters. The number of rotatable bonds is 6. The Morgan fingerprint density at radius 2 is 1.59 bits per heavy atom. The van der Waals surface area contributed by atoms with Gasteiger partial charge in [0.25, 0.3) is 0 Å². The van der Waals surface area contributed by atoms with Crippen LogP contribution < -0.4 is 0 Å². The van der Waals surface area contributed by atoms with Crippen LogP contribution in [0.2, 0.25) is 0 Å². The Morgan fingerprint density at radius 3 is 2.07 bits per heavy atom. The van der Waals surface area contributed by atoms with Crippen LogP contribution in [0.4, 0.5) is 0 Å². The van der Waals surface area contributed by atoms with Crippen molar-refractivity contribution >= 4 is 5.57 Å². The lowest BCUT2D eigenvalue weighted by molar-refractivity contribution is 0.642. The molecule has 0 fully saturated rings. The smallest absolute Gasteiger partial charge is 0.0784 e. The van der Waals surface area contributed by atoms with Crippen molar-refractivity contribution in [2.75, 3.05) is 0 Å². The second kappa shape index (κ2) is 8.05. The van der Waals surface area contributed by atoms with Crippen molar-refractivity contribution in [3.63, 3.8) is 0 Å². The van der Waals surface area contributed by atoms with Gasteiger partial charge in [0.1, 0.15) is 0 Å². The minimum atomic E-state index is -0.234. The molecule has 27 heavy (non-hydrogen) atoms. The maximum Gasteiger partial charge on any atom is 0.0784 e. The van der Waals surface area contributed by atoms with Gasteiger partial charge in [-0.2, -0.15) is 10.4 Å². The van der Waals surface area contributed by atoms with Crippen LogP contribution >= 0.6 is 0 Å². The van der Waals surface area contributed by atoms with Crippen molar-refractivity contribution in [3.8, 4) is 6.07 Å². The molecule has 0 aliphatic carbocycles. The molecule has 0 aliphatic rings. The fourth-order valence-corrected chi connectivity index (χ4v) is 3.84. The quantitative estimate of drug-likeness (QED) is 0.583. The van der Waals surface area contributed by atoms with E-state index in [0.29, 0.717) is 6.42 Å². The minimum Gasteiger partial charge on any atom is -0.272 e. The number of hydrogen-bond donors (Lipinski definition) is 0. The molecular weight excluding hydrogens is 330 g/mol. The fraction of sp³-hybridized carbons (Fsp3) is 0.250. The van der Waals surface area contributed by atoms with Crippen LogP contribution in [0.25, 0.3) is 5.57 Å². The van der Waals surface area contributed by atoms with Crippen LogP contribution in [0.3, 0.4) is 0 Å². The van der Waals surface area contributed by atoms with Crippen molar-refractivity contribution in [2.24, 2.45) is 7.05 Å². The molecule has 3 nitrogen and oxygen atoms in total. The number of aryl methyl sites for hydroxylation is 2. The van der Waals surface area contributed by atoms with E-state index in [-0.39, 0.29) is 11.8 Å². The van der Waals surface area contributed by atoms with Crippen molar-refractivity contribution in [1.82, 2.24) is 9.78 Å². The first-order valence-corrected chi connectivity index (χ1v) is 9.20. The van der Waals surface area contributed by atoms with E-state index >= 15 is 0 Å². The Labute approximate surface area is 161 Å². The Bertz CT molecular complexity index is 962. The second-order valence-corrected chi connectivity index (χ2v) is 7.01. The Kier molecular flexibility index (Phi) is 5.57. The third-order valence-corrected chi connectivity index (χ3v) is 5.26. The van der Waals surface area contributed by atoms with Gasteiger partial charge in [-0.25, -0.2) is 0 Å². The van der Waals surface area contributed by atoms with E-state index in [1.807, 2.05) is 67.2 Å². The Morgan fingerprint density at radius 1 is 1.04 bits per heavy atom. The van der Waals surface area contributed by atoms with E-state index in [4.69, 9.17) is 0 Å². The van der Waals surface area contributed by atoms with Gasteiger partial charge in [-0.1, -0.05) is 67.2 Å². The number of benzene rings is 2. The van der Waals surface area contributed by atoms with Crippen molar-refractivity contribution in [3.05, 3.63) is 95.3 Å². The molecule has 0 radical (unpaired) electrons. The highest BCUT2D eigenvalue weighted by atomic mass is 15.3. The van der Waals surface area contributed by atoms with Crippen molar-refractivity contribution < 1.29 is 0 Å². The van der Waals surface area contributed by atoms with Crippen molar-refractivity contribution in [2.45, 2.75) is 32.1 Å². The first-order chi connectivity index (χ1) is 13.0. The van der Waals surface area contributed by atoms with E-state index in [0.717, 1.165) is 33.7 Å². The van der Waals surface area contributed by atoms with Crippen LogP contribution in [0.5, 0.6) is 0 Å². The third-order valence-electron chi connectivity index (χ3n) is 5.26. The molecule has 1 aromatic heterocycles. The SMILES string of the molecule is C=C(CC(c1ccccc1)C(C#N)c1ccccc1)c1c(C)nn(C)c1C. The van der Waals surface area contributed by atoms with Gasteiger partial charge in [-0.05, 0) is 37.0 Å². The molecule has 0 N–H and O–H groups in total. The molecule has 0 saturated heterocycles. The number of nitrogens with zero attached hydrogens (tertiary/aromatic N) is 3. The number of nitriles is 1. The lowest BCUT2D eigenvalue weighted by Crippen LogP contribution is -2.11. The largest absolute Gasteiger partial charge is 0.272 e. The zero-order valence-corrected chi connectivity index (χ0v) is 16.2. The number of allylic oxidation sites excluding steroid dienone is 1. The average Bonchev–Trinajstić information content (AvgIpc) is 2.95. The zero-order valence-electron chi connectivity index (χ0n) is 16.2. The molecule has 136 valence electrons. The molecule has 0 amide bonds. The molecule has 3 heteroatoms. The average molecular weight is 355 g/mol.